The fraction of sp³-hybridized carbons (Fsp3) is 0.0694. The van der Waals surface area contributed by atoms with Gasteiger partial charge in [-0.15, -0.1) is 0 Å². The molecule has 82 heavy (non-hydrogen) atoms. The number of ether oxygens (including phenoxy) is 1. The summed E-state index contributed by atoms with van der Waals surface area (Å²) in [6.07, 6.45) is 11.9. The maximum absolute atomic E-state index is 8.54. The molecule has 1 unspecified atom stereocenters. The van der Waals surface area contributed by atoms with Gasteiger partial charge in [-0.25, -0.2) is 0 Å². The van der Waals surface area contributed by atoms with Crippen LogP contribution in [0.5, 0.6) is 0 Å². The number of benzene rings is 10. The largest absolute Gasteiger partial charge is 0.490 e. The van der Waals surface area contributed by atoms with Gasteiger partial charge in [-0.2, -0.15) is 0 Å². The highest BCUT2D eigenvalue weighted by molar-refractivity contribution is 9.10. The van der Waals surface area contributed by atoms with Crippen molar-refractivity contribution in [2.24, 2.45) is 0 Å². The molecule has 1 aliphatic heterocycles. The molecule has 1 saturated heterocycles. The van der Waals surface area contributed by atoms with Gasteiger partial charge in [-0.3, -0.25) is 15.0 Å². The van der Waals surface area contributed by atoms with Gasteiger partial charge in [0.15, 0.2) is 6.29 Å². The predicted octanol–water partition coefficient (Wildman–Crippen LogP) is 17.8. The van der Waals surface area contributed by atoms with Gasteiger partial charge in [0.25, 0.3) is 0 Å². The Morgan fingerprint density at radius 2 is 0.707 bits per heavy atom. The number of fused-ring (bicyclic) bond motifs is 4. The number of hydrogen-bond donors (Lipinski definition) is 3. The van der Waals surface area contributed by atoms with Crippen LogP contribution in [0.2, 0.25) is 0 Å². The first-order valence-electron chi connectivity index (χ1n) is 26.7. The first-order valence-corrected chi connectivity index (χ1v) is 28.3. The SMILES string of the molecule is Brc1ccc2c(-c3ccccc3)c3cc(Br)ccc3c(-c3ccccc3)c2c1.C.OB(O)c1cccnc1.OC1CCCO1.c1ccc(-c2c3ccc(-c4cccnc4)cc3c(-c3ccccc3)c3ccc(-c4cccnc4)cc23)cc1. The minimum absolute atomic E-state index is 0. The number of halogens is 2. The van der Waals surface area contributed by atoms with Gasteiger partial charge in [0.2, 0.25) is 0 Å². The summed E-state index contributed by atoms with van der Waals surface area (Å²) >= 11 is 7.38. The Balaban J connectivity index is 0.000000148. The van der Waals surface area contributed by atoms with E-state index < -0.39 is 13.4 Å². The van der Waals surface area contributed by atoms with Crippen molar-refractivity contribution in [3.05, 3.63) is 277 Å². The number of rotatable bonds is 7. The van der Waals surface area contributed by atoms with E-state index in [1.165, 1.54) is 93.8 Å². The molecule has 0 saturated carbocycles. The van der Waals surface area contributed by atoms with Gasteiger partial charge in [0.05, 0.1) is 0 Å². The van der Waals surface area contributed by atoms with E-state index in [4.69, 9.17) is 19.9 Å². The zero-order chi connectivity index (χ0) is 55.5. The van der Waals surface area contributed by atoms with E-state index in [-0.39, 0.29) is 7.43 Å². The average Bonchev–Trinajstić information content (AvgIpc) is 1.83. The number of aliphatic hydroxyl groups is 1. The normalized spacial score (nSPS) is 12.5. The van der Waals surface area contributed by atoms with Gasteiger partial charge >= 0.3 is 7.12 Å². The molecule has 13 aromatic rings. The summed E-state index contributed by atoms with van der Waals surface area (Å²) in [5.74, 6) is 0. The summed E-state index contributed by atoms with van der Waals surface area (Å²) in [7, 11) is -1.40. The molecule has 1 aliphatic rings. The van der Waals surface area contributed by atoms with E-state index in [0.717, 1.165) is 50.6 Å². The summed E-state index contributed by atoms with van der Waals surface area (Å²) in [5.41, 5.74) is 14.9. The number of hydrogen-bond acceptors (Lipinski definition) is 7. The third kappa shape index (κ3) is 12.8. The van der Waals surface area contributed by atoms with E-state index in [0.29, 0.717) is 5.46 Å². The first kappa shape index (κ1) is 56.8. The molecule has 7 nitrogen and oxygen atoms in total. The van der Waals surface area contributed by atoms with E-state index >= 15 is 0 Å². The summed E-state index contributed by atoms with van der Waals surface area (Å²) in [4.78, 5) is 12.4. The molecule has 10 aromatic carbocycles. The second kappa shape index (κ2) is 26.9. The molecule has 0 bridgehead atoms. The lowest BCUT2D eigenvalue weighted by atomic mass is 9.82. The lowest BCUT2D eigenvalue weighted by molar-refractivity contribution is -0.0589. The number of pyridine rings is 3. The van der Waals surface area contributed by atoms with Crippen molar-refractivity contribution in [2.45, 2.75) is 26.6 Å². The minimum atomic E-state index is -1.40. The summed E-state index contributed by atoms with van der Waals surface area (Å²) in [6, 6.07) is 81.1. The Morgan fingerprint density at radius 3 is 0.988 bits per heavy atom. The molecule has 3 N–H and O–H groups in total. The first-order chi connectivity index (χ1) is 39.8. The minimum Gasteiger partial charge on any atom is -0.423 e. The van der Waals surface area contributed by atoms with Crippen LogP contribution in [0.3, 0.4) is 0 Å². The Kier molecular flexibility index (Phi) is 18.6. The maximum atomic E-state index is 8.54. The van der Waals surface area contributed by atoms with Crippen LogP contribution >= 0.6 is 31.9 Å². The molecule has 14 rings (SSSR count). The predicted molar refractivity (Wildman–Crippen MR) is 349 cm³/mol. The highest BCUT2D eigenvalue weighted by Gasteiger charge is 2.20. The third-order valence-electron chi connectivity index (χ3n) is 14.3. The van der Waals surface area contributed by atoms with Crippen LogP contribution in [0, 0.1) is 0 Å². The molecule has 0 spiro atoms. The Labute approximate surface area is 495 Å². The highest BCUT2D eigenvalue weighted by atomic mass is 79.9. The van der Waals surface area contributed by atoms with Gasteiger partial charge < -0.3 is 19.9 Å². The molecule has 1 atom stereocenters. The molecular formula is C72H58BBr2N3O4. The third-order valence-corrected chi connectivity index (χ3v) is 15.3. The van der Waals surface area contributed by atoms with Crippen LogP contribution in [0.4, 0.5) is 0 Å². The van der Waals surface area contributed by atoms with Gasteiger partial charge in [0, 0.05) is 75.7 Å². The van der Waals surface area contributed by atoms with Gasteiger partial charge in [0.1, 0.15) is 0 Å². The van der Waals surface area contributed by atoms with Crippen molar-refractivity contribution >= 4 is 87.5 Å². The number of nitrogens with zero attached hydrogens (tertiary/aromatic N) is 3. The highest BCUT2D eigenvalue weighted by Crippen LogP contribution is 2.47. The Bertz CT molecular complexity index is 3970. The average molecular weight is 1200 g/mol. The summed E-state index contributed by atoms with van der Waals surface area (Å²) < 4.78 is 6.89. The van der Waals surface area contributed by atoms with Crippen LogP contribution in [-0.2, 0) is 4.74 Å². The monoisotopic (exact) mass is 1200 g/mol. The molecule has 10 heteroatoms. The number of aromatic nitrogens is 3. The van der Waals surface area contributed by atoms with Gasteiger partial charge in [-0.05, 0) is 160 Å². The fourth-order valence-corrected chi connectivity index (χ4v) is 11.3. The molecule has 402 valence electrons. The molecule has 0 radical (unpaired) electrons. The zero-order valence-electron chi connectivity index (χ0n) is 44.0. The molecule has 0 aliphatic carbocycles. The number of aliphatic hydroxyl groups excluding tert-OH is 1. The van der Waals surface area contributed by atoms with Crippen molar-refractivity contribution in [3.8, 4) is 66.8 Å². The lowest BCUT2D eigenvalue weighted by Gasteiger charge is -2.19. The van der Waals surface area contributed by atoms with E-state index in [9.17, 15) is 0 Å². The van der Waals surface area contributed by atoms with Crippen molar-refractivity contribution in [2.75, 3.05) is 6.61 Å². The van der Waals surface area contributed by atoms with Crippen molar-refractivity contribution in [1.82, 2.24) is 15.0 Å². The van der Waals surface area contributed by atoms with Gasteiger partial charge in [-0.1, -0.05) is 215 Å². The second-order valence-electron chi connectivity index (χ2n) is 19.5. The summed E-state index contributed by atoms with van der Waals surface area (Å²) in [6.45, 7) is 0.737. The Hall–Kier alpha value is -8.45. The fourth-order valence-electron chi connectivity index (χ4n) is 10.6. The topological polar surface area (TPSA) is 109 Å². The molecule has 3 aromatic heterocycles. The van der Waals surface area contributed by atoms with E-state index in [1.807, 2.05) is 36.9 Å². The molecule has 4 heterocycles. The lowest BCUT2D eigenvalue weighted by Crippen LogP contribution is -2.29. The second-order valence-corrected chi connectivity index (χ2v) is 21.3. The molecule has 1 fully saturated rings. The van der Waals surface area contributed by atoms with Crippen molar-refractivity contribution in [3.63, 3.8) is 0 Å². The molecular weight excluding hydrogens is 1140 g/mol. The van der Waals surface area contributed by atoms with Crippen molar-refractivity contribution < 1.29 is 19.9 Å². The zero-order valence-corrected chi connectivity index (χ0v) is 47.2. The quantitative estimate of drug-likeness (QED) is 0.108. The maximum Gasteiger partial charge on any atom is 0.490 e. The van der Waals surface area contributed by atoms with E-state index in [2.05, 4.69) is 253 Å². The molecule has 0 amide bonds. The van der Waals surface area contributed by atoms with E-state index in [1.54, 1.807) is 18.3 Å². The standard InChI is InChI=1S/C36H24N2.C26H16Br2.C5H6BNO2.C4H8O2.CH4/c1-3-9-25(10-4-1)35-31-17-15-28(30-14-8-20-38-24-30)22-34(31)36(26-11-5-2-6-12-26)32-18-16-27(21-33(32)35)29-13-7-19-37-23-29;27-19-12-14-22-23(15-19)25(17-7-3-1-4-8-17)21-13-11-20(28)16-24(21)26(22)18-9-5-2-6-10-18;8-6(9)5-2-1-3-7-4-5;5-4-2-1-3-6-4;/h1-24H;1-16H;1-4,8-9H;4-5H,1-3H2;1H4. The van der Waals surface area contributed by atoms with Crippen LogP contribution in [0.15, 0.2) is 277 Å². The van der Waals surface area contributed by atoms with Crippen LogP contribution in [0.1, 0.15) is 20.3 Å². The van der Waals surface area contributed by atoms with Crippen LogP contribution in [0.25, 0.3) is 110 Å². The van der Waals surface area contributed by atoms with Crippen LogP contribution in [-0.4, -0.2) is 50.1 Å². The summed E-state index contributed by atoms with van der Waals surface area (Å²) in [5, 5.41) is 35.6. The Morgan fingerprint density at radius 1 is 0.366 bits per heavy atom. The van der Waals surface area contributed by atoms with Crippen LogP contribution < -0.4 is 5.46 Å². The van der Waals surface area contributed by atoms with Crippen molar-refractivity contribution in [1.29, 1.82) is 0 Å². The smallest absolute Gasteiger partial charge is 0.423 e.